The van der Waals surface area contributed by atoms with Crippen molar-refractivity contribution >= 4 is 29.6 Å². The van der Waals surface area contributed by atoms with Crippen LogP contribution in [0.1, 0.15) is 21.8 Å². The number of methoxy groups -OCH3 is 2. The molecule has 1 heterocycles. The zero-order chi connectivity index (χ0) is 23.8. The summed E-state index contributed by atoms with van der Waals surface area (Å²) in [6, 6.07) is 17.7. The third-order valence-electron chi connectivity index (χ3n) is 5.02. The van der Waals surface area contributed by atoms with E-state index >= 15 is 0 Å². The van der Waals surface area contributed by atoms with Gasteiger partial charge in [0.15, 0.2) is 0 Å². The van der Waals surface area contributed by atoms with Crippen molar-refractivity contribution in [3.05, 3.63) is 76.3 Å². The van der Waals surface area contributed by atoms with Gasteiger partial charge in [-0.05, 0) is 29.8 Å². The van der Waals surface area contributed by atoms with Crippen molar-refractivity contribution in [2.24, 2.45) is 5.92 Å². The highest BCUT2D eigenvalue weighted by Crippen LogP contribution is 2.40. The summed E-state index contributed by atoms with van der Waals surface area (Å²) in [5.41, 5.74) is 1.08. The third kappa shape index (κ3) is 5.54. The molecule has 1 aliphatic heterocycles. The summed E-state index contributed by atoms with van der Waals surface area (Å²) >= 11 is 1.26. The average Bonchev–Trinajstić information content (AvgIpc) is 2.86. The first-order valence-electron chi connectivity index (χ1n) is 10.0. The predicted molar refractivity (Wildman–Crippen MR) is 121 cm³/mol. The lowest BCUT2D eigenvalue weighted by atomic mass is 9.78. The van der Waals surface area contributed by atoms with E-state index in [9.17, 15) is 19.6 Å². The number of rotatable bonds is 8. The molecule has 1 N–H and O–H groups in total. The second-order valence-electron chi connectivity index (χ2n) is 6.95. The minimum absolute atomic E-state index is 0.237. The smallest absolute Gasteiger partial charge is 0.337 e. The molecule has 33 heavy (non-hydrogen) atoms. The van der Waals surface area contributed by atoms with E-state index < -0.39 is 29.7 Å². The Bertz CT molecular complexity index is 1090. The molecule has 2 aromatic carbocycles. The normalized spacial score (nSPS) is 17.5. The molecule has 0 aromatic heterocycles. The fourth-order valence-electron chi connectivity index (χ4n) is 3.44. The van der Waals surface area contributed by atoms with Crippen molar-refractivity contribution in [3.63, 3.8) is 0 Å². The van der Waals surface area contributed by atoms with Crippen LogP contribution in [0.15, 0.2) is 65.2 Å². The van der Waals surface area contributed by atoms with Crippen LogP contribution < -0.4 is 10.1 Å². The Morgan fingerprint density at radius 2 is 1.76 bits per heavy atom. The van der Waals surface area contributed by atoms with Crippen LogP contribution in [0.3, 0.4) is 0 Å². The van der Waals surface area contributed by atoms with Gasteiger partial charge in [0.1, 0.15) is 11.7 Å². The van der Waals surface area contributed by atoms with Crippen LogP contribution in [-0.4, -0.2) is 44.4 Å². The van der Waals surface area contributed by atoms with Gasteiger partial charge in [0, 0.05) is 11.7 Å². The van der Waals surface area contributed by atoms with Gasteiger partial charge in [0.05, 0.1) is 43.1 Å². The molecule has 0 spiro atoms. The number of carbonyl (C=O) groups excluding carboxylic acids is 3. The number of amides is 1. The van der Waals surface area contributed by atoms with Gasteiger partial charge >= 0.3 is 11.9 Å². The molecule has 9 heteroatoms. The molecule has 0 unspecified atom stereocenters. The summed E-state index contributed by atoms with van der Waals surface area (Å²) < 4.78 is 15.2. The second-order valence-corrected chi connectivity index (χ2v) is 8.05. The first-order valence-corrected chi connectivity index (χ1v) is 11.0. The van der Waals surface area contributed by atoms with Crippen molar-refractivity contribution in [2.45, 2.75) is 5.92 Å². The van der Waals surface area contributed by atoms with Gasteiger partial charge in [0.25, 0.3) is 0 Å². The number of carbonyl (C=O) groups is 3. The summed E-state index contributed by atoms with van der Waals surface area (Å²) in [6.45, 7) is 0.353. The Morgan fingerprint density at radius 1 is 1.06 bits per heavy atom. The van der Waals surface area contributed by atoms with E-state index in [0.717, 1.165) is 5.75 Å². The van der Waals surface area contributed by atoms with E-state index in [4.69, 9.17) is 14.2 Å². The van der Waals surface area contributed by atoms with Crippen LogP contribution >= 0.6 is 11.8 Å². The first-order chi connectivity index (χ1) is 16.0. The number of hydrogen-bond donors (Lipinski definition) is 1. The van der Waals surface area contributed by atoms with Crippen LogP contribution in [-0.2, 0) is 19.1 Å². The number of benzene rings is 2. The SMILES string of the molecule is COC(=O)c1ccc([C@@H]2C(C#N)=C(SCCOc3ccccc3)NC(=O)[C@@H]2C(=O)OC)cc1. The van der Waals surface area contributed by atoms with Gasteiger partial charge in [-0.1, -0.05) is 30.3 Å². The van der Waals surface area contributed by atoms with E-state index in [1.165, 1.54) is 38.1 Å². The summed E-state index contributed by atoms with van der Waals surface area (Å²) in [5.74, 6) is -2.74. The molecule has 3 rings (SSSR count). The molecule has 0 fully saturated rings. The molecular weight excluding hydrogens is 444 g/mol. The highest BCUT2D eigenvalue weighted by Gasteiger charge is 2.44. The number of esters is 2. The quantitative estimate of drug-likeness (QED) is 0.359. The zero-order valence-corrected chi connectivity index (χ0v) is 18.9. The maximum atomic E-state index is 12.9. The first kappa shape index (κ1) is 23.9. The van der Waals surface area contributed by atoms with Gasteiger partial charge in [-0.3, -0.25) is 9.59 Å². The Labute approximate surface area is 195 Å². The molecule has 0 bridgehead atoms. The maximum Gasteiger partial charge on any atom is 0.337 e. The van der Waals surface area contributed by atoms with Gasteiger partial charge in [0.2, 0.25) is 5.91 Å². The summed E-state index contributed by atoms with van der Waals surface area (Å²) in [5, 5.41) is 13.0. The number of thioether (sulfide) groups is 1. The van der Waals surface area contributed by atoms with Gasteiger partial charge in [-0.2, -0.15) is 5.26 Å². The van der Waals surface area contributed by atoms with Crippen LogP contribution in [0, 0.1) is 17.2 Å². The molecule has 2 aromatic rings. The molecule has 170 valence electrons. The van der Waals surface area contributed by atoms with Crippen LogP contribution in [0.2, 0.25) is 0 Å². The van der Waals surface area contributed by atoms with E-state index in [2.05, 4.69) is 11.4 Å². The standard InChI is InChI=1S/C24H22N2O6S/c1-30-23(28)16-10-8-15(9-11-16)19-18(14-25)22(26-21(27)20(19)24(29)31-2)33-13-12-32-17-6-4-3-5-7-17/h3-11,19-20H,12-13H2,1-2H3,(H,26,27)/t19-,20-/m1/s1. The highest BCUT2D eigenvalue weighted by molar-refractivity contribution is 8.03. The summed E-state index contributed by atoms with van der Waals surface area (Å²) in [7, 11) is 2.46. The van der Waals surface area contributed by atoms with E-state index in [0.29, 0.717) is 28.5 Å². The monoisotopic (exact) mass is 466 g/mol. The predicted octanol–water partition coefficient (Wildman–Crippen LogP) is 3.02. The summed E-state index contributed by atoms with van der Waals surface area (Å²) in [4.78, 5) is 37.1. The lowest BCUT2D eigenvalue weighted by Crippen LogP contribution is -2.44. The van der Waals surface area contributed by atoms with Crippen molar-refractivity contribution in [3.8, 4) is 11.8 Å². The Kier molecular flexibility index (Phi) is 8.11. The third-order valence-corrected chi connectivity index (χ3v) is 6.00. The minimum atomic E-state index is -1.24. The van der Waals surface area contributed by atoms with Crippen LogP contribution in [0.5, 0.6) is 5.75 Å². The number of para-hydroxylation sites is 1. The second kappa shape index (κ2) is 11.2. The molecule has 0 aliphatic carbocycles. The fraction of sp³-hybridized carbons (Fsp3) is 0.250. The maximum absolute atomic E-state index is 12.9. The molecule has 0 saturated heterocycles. The number of nitrogens with one attached hydrogen (secondary N) is 1. The molecular formula is C24H22N2O6S. The summed E-state index contributed by atoms with van der Waals surface area (Å²) in [6.07, 6.45) is 0. The van der Waals surface area contributed by atoms with Crippen molar-refractivity contribution in [1.29, 1.82) is 5.26 Å². The number of nitriles is 1. The van der Waals surface area contributed by atoms with Crippen LogP contribution in [0.4, 0.5) is 0 Å². The van der Waals surface area contributed by atoms with E-state index in [1.807, 2.05) is 30.3 Å². The Morgan fingerprint density at radius 3 is 2.36 bits per heavy atom. The number of nitrogens with zero attached hydrogens (tertiary/aromatic N) is 1. The lowest BCUT2D eigenvalue weighted by molar-refractivity contribution is -0.150. The molecule has 1 amide bonds. The Hall–Kier alpha value is -3.77. The number of ether oxygens (including phenoxy) is 3. The van der Waals surface area contributed by atoms with Crippen molar-refractivity contribution < 1.29 is 28.6 Å². The molecule has 0 saturated carbocycles. The topological polar surface area (TPSA) is 115 Å². The minimum Gasteiger partial charge on any atom is -0.493 e. The Balaban J connectivity index is 1.88. The zero-order valence-electron chi connectivity index (χ0n) is 18.1. The molecule has 0 radical (unpaired) electrons. The van der Waals surface area contributed by atoms with E-state index in [-0.39, 0.29) is 5.57 Å². The average molecular weight is 467 g/mol. The van der Waals surface area contributed by atoms with E-state index in [1.54, 1.807) is 12.1 Å². The number of hydrogen-bond acceptors (Lipinski definition) is 8. The van der Waals surface area contributed by atoms with Crippen LogP contribution in [0.25, 0.3) is 0 Å². The van der Waals surface area contributed by atoms with Gasteiger partial charge in [-0.25, -0.2) is 4.79 Å². The molecule has 2 atom stereocenters. The largest absolute Gasteiger partial charge is 0.493 e. The fourth-order valence-corrected chi connectivity index (χ4v) is 4.32. The van der Waals surface area contributed by atoms with Gasteiger partial charge < -0.3 is 19.5 Å². The van der Waals surface area contributed by atoms with Gasteiger partial charge in [-0.15, -0.1) is 11.8 Å². The lowest BCUT2D eigenvalue weighted by Gasteiger charge is -2.31. The molecule has 8 nitrogen and oxygen atoms in total. The number of allylic oxidation sites excluding steroid dienone is 1. The van der Waals surface area contributed by atoms with Crippen molar-refractivity contribution in [2.75, 3.05) is 26.6 Å². The highest BCUT2D eigenvalue weighted by atomic mass is 32.2. The molecule has 1 aliphatic rings. The van der Waals surface area contributed by atoms with Crippen molar-refractivity contribution in [1.82, 2.24) is 5.32 Å².